The first-order valence-electron chi connectivity index (χ1n) is 28.8. The van der Waals surface area contributed by atoms with Crippen molar-refractivity contribution < 1.29 is 52.2 Å². The first kappa shape index (κ1) is 70.1. The summed E-state index contributed by atoms with van der Waals surface area (Å²) in [7, 11) is -4.77. The van der Waals surface area contributed by atoms with Crippen LogP contribution < -0.4 is 0 Å². The van der Waals surface area contributed by atoms with Gasteiger partial charge in [0.25, 0.3) is 0 Å². The van der Waals surface area contributed by atoms with Gasteiger partial charge >= 0.3 is 25.7 Å². The molecule has 11 nitrogen and oxygen atoms in total. The zero-order valence-electron chi connectivity index (χ0n) is 46.5. The minimum atomic E-state index is -4.77. The van der Waals surface area contributed by atoms with Crippen molar-refractivity contribution in [1.82, 2.24) is 0 Å². The lowest BCUT2D eigenvalue weighted by Gasteiger charge is -2.21. The largest absolute Gasteiger partial charge is 0.472 e. The van der Waals surface area contributed by atoms with Gasteiger partial charge < -0.3 is 24.2 Å². The summed E-state index contributed by atoms with van der Waals surface area (Å²) in [6.07, 6.45) is 66.3. The Morgan fingerprint density at radius 3 is 1.14 bits per heavy atom. The summed E-state index contributed by atoms with van der Waals surface area (Å²) < 4.78 is 39.4. The van der Waals surface area contributed by atoms with Crippen LogP contribution in [0.4, 0.5) is 0 Å². The van der Waals surface area contributed by atoms with Gasteiger partial charge in [-0.15, -0.1) is 0 Å². The van der Waals surface area contributed by atoms with Crippen LogP contribution in [-0.2, 0) is 42.2 Å². The third-order valence-corrected chi connectivity index (χ3v) is 12.6. The van der Waals surface area contributed by atoms with Gasteiger partial charge in [-0.25, -0.2) is 4.57 Å². The van der Waals surface area contributed by atoms with Crippen molar-refractivity contribution in [3.8, 4) is 0 Å². The normalized spacial score (nSPS) is 14.2. The number of carbonyl (C=O) groups is 3. The first-order valence-corrected chi connectivity index (χ1v) is 30.3. The monoisotopic (exact) mass is 1050 g/mol. The van der Waals surface area contributed by atoms with E-state index in [1.165, 1.54) is 44.9 Å². The number of hydrogen-bond donors (Lipinski definition) is 2. The molecule has 0 heterocycles. The number of phosphoric acid groups is 1. The Hall–Kier alpha value is -3.86. The number of aliphatic hydroxyl groups excluding tert-OH is 1. The van der Waals surface area contributed by atoms with Gasteiger partial charge in [0.05, 0.1) is 19.8 Å². The van der Waals surface area contributed by atoms with Crippen molar-refractivity contribution in [3.63, 3.8) is 0 Å². The number of aliphatic hydroxyl groups is 1. The van der Waals surface area contributed by atoms with Crippen LogP contribution >= 0.6 is 7.82 Å². The summed E-state index contributed by atoms with van der Waals surface area (Å²) in [5.41, 5.74) is 0. The first-order chi connectivity index (χ1) is 36.2. The maximum atomic E-state index is 12.9. The van der Waals surface area contributed by atoms with E-state index in [1.807, 2.05) is 12.2 Å². The molecule has 0 aromatic carbocycles. The van der Waals surface area contributed by atoms with E-state index in [-0.39, 0.29) is 25.9 Å². The zero-order chi connectivity index (χ0) is 54.1. The summed E-state index contributed by atoms with van der Waals surface area (Å²) in [5.74, 6) is -1.56. The Labute approximate surface area is 450 Å². The van der Waals surface area contributed by atoms with E-state index in [2.05, 4.69) is 118 Å². The molecular weight excluding hydrogens is 952 g/mol. The molecule has 0 saturated carbocycles. The highest BCUT2D eigenvalue weighted by Gasteiger charge is 2.28. The Morgan fingerprint density at radius 2 is 0.716 bits per heavy atom. The number of allylic oxidation sites excluding steroid dienone is 18. The molecule has 0 aliphatic rings. The maximum absolute atomic E-state index is 12.9. The average Bonchev–Trinajstić information content (AvgIpc) is 3.39. The molecule has 12 heteroatoms. The van der Waals surface area contributed by atoms with Crippen molar-refractivity contribution in [3.05, 3.63) is 109 Å². The van der Waals surface area contributed by atoms with E-state index in [0.717, 1.165) is 116 Å². The van der Waals surface area contributed by atoms with Gasteiger partial charge in [-0.3, -0.25) is 23.4 Å². The van der Waals surface area contributed by atoms with Gasteiger partial charge in [-0.05, 0) is 96.3 Å². The molecule has 0 aliphatic heterocycles. The van der Waals surface area contributed by atoms with Crippen LogP contribution in [0.15, 0.2) is 109 Å². The van der Waals surface area contributed by atoms with Gasteiger partial charge in [0.2, 0.25) is 0 Å². The van der Waals surface area contributed by atoms with Crippen LogP contribution in [-0.4, -0.2) is 66.5 Å². The van der Waals surface area contributed by atoms with Crippen molar-refractivity contribution in [2.45, 2.75) is 238 Å². The lowest BCUT2D eigenvalue weighted by molar-refractivity contribution is -0.161. The summed E-state index contributed by atoms with van der Waals surface area (Å²) in [6, 6.07) is 0. The highest BCUT2D eigenvalue weighted by molar-refractivity contribution is 7.47. The van der Waals surface area contributed by atoms with E-state index in [4.69, 9.17) is 23.3 Å². The summed E-state index contributed by atoms with van der Waals surface area (Å²) in [5, 5.41) is 9.79. The van der Waals surface area contributed by atoms with E-state index in [1.54, 1.807) is 0 Å². The van der Waals surface area contributed by atoms with Crippen molar-refractivity contribution >= 4 is 25.7 Å². The number of esters is 3. The second kappa shape index (κ2) is 55.4. The fourth-order valence-corrected chi connectivity index (χ4v) is 8.17. The van der Waals surface area contributed by atoms with Gasteiger partial charge in [-0.2, -0.15) is 0 Å². The lowest BCUT2D eigenvalue weighted by atomic mass is 10.1. The molecule has 0 bridgehead atoms. The Balaban J connectivity index is 4.84. The Kier molecular flexibility index (Phi) is 52.5. The molecule has 0 aliphatic carbocycles. The number of hydrogen-bond acceptors (Lipinski definition) is 10. The van der Waals surface area contributed by atoms with Crippen LogP contribution in [0.3, 0.4) is 0 Å². The van der Waals surface area contributed by atoms with Gasteiger partial charge in [-0.1, -0.05) is 220 Å². The molecular formula is C62H103O11P. The molecule has 0 radical (unpaired) electrons. The van der Waals surface area contributed by atoms with Crippen LogP contribution in [0.5, 0.6) is 0 Å². The summed E-state index contributed by atoms with van der Waals surface area (Å²) in [6.45, 7) is 4.32. The molecule has 0 aromatic heterocycles. The van der Waals surface area contributed by atoms with E-state index < -0.39 is 57.8 Å². The highest BCUT2D eigenvalue weighted by Crippen LogP contribution is 2.43. The van der Waals surface area contributed by atoms with E-state index in [0.29, 0.717) is 25.7 Å². The van der Waals surface area contributed by atoms with E-state index >= 15 is 0 Å². The quantitative estimate of drug-likeness (QED) is 0.0197. The predicted octanol–water partition coefficient (Wildman–Crippen LogP) is 17.0. The molecule has 0 amide bonds. The number of ether oxygens (including phenoxy) is 3. The third kappa shape index (κ3) is 53.0. The molecule has 0 rings (SSSR count). The highest BCUT2D eigenvalue weighted by atomic mass is 31.2. The second-order valence-corrected chi connectivity index (χ2v) is 20.1. The number of carbonyl (C=O) groups excluding carboxylic acids is 3. The predicted molar refractivity (Wildman–Crippen MR) is 307 cm³/mol. The van der Waals surface area contributed by atoms with Crippen molar-refractivity contribution in [2.75, 3.05) is 26.4 Å². The average molecular weight is 1060 g/mol. The third-order valence-electron chi connectivity index (χ3n) is 11.7. The minimum absolute atomic E-state index is 0.0816. The van der Waals surface area contributed by atoms with Gasteiger partial charge in [0.15, 0.2) is 6.10 Å². The number of unbranched alkanes of at least 4 members (excludes halogenated alkanes) is 17. The Bertz CT molecular complexity index is 1660. The SMILES string of the molecule is CC/C=C\C/C=C\C/C=C\C/C=C\C/C=C\CCCC(=O)OC(COC(=O)CCCCCCCC/C=C\C/C=C\C/C=C\C/C=C\CC)COP(=O)(O)OCC(CO)OC(=O)CCCCCCCCCCCCC. The van der Waals surface area contributed by atoms with E-state index in [9.17, 15) is 28.9 Å². The van der Waals surface area contributed by atoms with Crippen LogP contribution in [0.1, 0.15) is 226 Å². The van der Waals surface area contributed by atoms with Crippen LogP contribution in [0, 0.1) is 0 Å². The standard InChI is InChI=1S/C62H103O11P/c1-4-7-10-13-16-19-22-24-26-28-29-31-32-34-37-39-42-45-48-51-60(64)69-55-59(73-62(66)53-50-47-44-41-38-35-33-30-27-25-23-20-17-14-11-8-5-2)57-71-74(67,68)70-56-58(54-63)72-61(65)52-49-46-43-40-36-21-18-15-12-9-6-3/h7-8,10-11,16-17,19-20,24-27,29,31,33,35,41,44,58-59,63H,4-6,9,12-15,18,21-23,28,30,32,34,36-40,42-43,45-57H2,1-3H3,(H,67,68)/b10-7-,11-8-,19-16-,20-17-,26-24-,27-25-,31-29-,35-33-,44-41-. The summed E-state index contributed by atoms with van der Waals surface area (Å²) in [4.78, 5) is 48.5. The molecule has 2 N–H and O–H groups in total. The molecule has 0 spiro atoms. The fourth-order valence-electron chi connectivity index (χ4n) is 7.38. The molecule has 0 saturated heterocycles. The van der Waals surface area contributed by atoms with Gasteiger partial charge in [0.1, 0.15) is 12.7 Å². The lowest BCUT2D eigenvalue weighted by Crippen LogP contribution is -2.30. The second-order valence-electron chi connectivity index (χ2n) is 18.7. The number of rotatable bonds is 52. The number of phosphoric ester groups is 1. The zero-order valence-corrected chi connectivity index (χ0v) is 47.4. The van der Waals surface area contributed by atoms with Gasteiger partial charge in [0, 0.05) is 19.3 Å². The molecule has 3 atom stereocenters. The molecule has 0 aromatic rings. The molecule has 74 heavy (non-hydrogen) atoms. The topological polar surface area (TPSA) is 155 Å². The fraction of sp³-hybridized carbons (Fsp3) is 0.661. The Morgan fingerprint density at radius 1 is 0.392 bits per heavy atom. The molecule has 0 fully saturated rings. The minimum Gasteiger partial charge on any atom is -0.462 e. The smallest absolute Gasteiger partial charge is 0.462 e. The van der Waals surface area contributed by atoms with Crippen LogP contribution in [0.2, 0.25) is 0 Å². The van der Waals surface area contributed by atoms with Crippen molar-refractivity contribution in [2.24, 2.45) is 0 Å². The van der Waals surface area contributed by atoms with Crippen LogP contribution in [0.25, 0.3) is 0 Å². The maximum Gasteiger partial charge on any atom is 0.472 e. The molecule has 422 valence electrons. The summed E-state index contributed by atoms with van der Waals surface area (Å²) >= 11 is 0. The van der Waals surface area contributed by atoms with Crippen molar-refractivity contribution in [1.29, 1.82) is 0 Å². The molecule has 3 unspecified atom stereocenters.